The minimum atomic E-state index is -0.868. The Kier molecular flexibility index (Phi) is 4.16. The molecule has 0 spiro atoms. The molecule has 1 amide bonds. The summed E-state index contributed by atoms with van der Waals surface area (Å²) in [6.07, 6.45) is 0.389. The zero-order valence-corrected chi connectivity index (χ0v) is 13.0. The standard InChI is InChI=1S/C17H21NO3/c1-5-14(19)17(3,4)18-11-21-12(2)15(16(18)20)13-9-7-6-8-10-13/h6-10H,5,11H2,1-4H3. The van der Waals surface area contributed by atoms with Gasteiger partial charge in [-0.15, -0.1) is 0 Å². The van der Waals surface area contributed by atoms with Crippen molar-refractivity contribution < 1.29 is 14.3 Å². The Bertz CT molecular complexity index is 587. The fourth-order valence-electron chi connectivity index (χ4n) is 2.51. The Morgan fingerprint density at radius 2 is 1.90 bits per heavy atom. The van der Waals surface area contributed by atoms with Crippen molar-refractivity contribution in [3.8, 4) is 0 Å². The number of benzene rings is 1. The summed E-state index contributed by atoms with van der Waals surface area (Å²) in [6.45, 7) is 7.23. The van der Waals surface area contributed by atoms with Crippen molar-refractivity contribution in [2.45, 2.75) is 39.7 Å². The average Bonchev–Trinajstić information content (AvgIpc) is 2.47. The first kappa shape index (κ1) is 15.3. The fourth-order valence-corrected chi connectivity index (χ4v) is 2.51. The van der Waals surface area contributed by atoms with Crippen LogP contribution in [0.5, 0.6) is 0 Å². The molecule has 112 valence electrons. The Hall–Kier alpha value is -2.10. The van der Waals surface area contributed by atoms with Crippen LogP contribution in [0.15, 0.2) is 36.1 Å². The molecule has 1 aliphatic rings. The molecule has 1 aliphatic heterocycles. The maximum Gasteiger partial charge on any atom is 0.261 e. The molecule has 0 N–H and O–H groups in total. The van der Waals surface area contributed by atoms with Gasteiger partial charge in [0.15, 0.2) is 12.5 Å². The summed E-state index contributed by atoms with van der Waals surface area (Å²) >= 11 is 0. The lowest BCUT2D eigenvalue weighted by molar-refractivity contribution is -0.148. The molecular weight excluding hydrogens is 266 g/mol. The number of amides is 1. The Morgan fingerprint density at radius 1 is 1.29 bits per heavy atom. The van der Waals surface area contributed by atoms with Crippen LogP contribution in [0.3, 0.4) is 0 Å². The van der Waals surface area contributed by atoms with E-state index in [9.17, 15) is 9.59 Å². The molecule has 2 rings (SSSR count). The van der Waals surface area contributed by atoms with E-state index in [2.05, 4.69) is 0 Å². The molecule has 0 saturated carbocycles. The van der Waals surface area contributed by atoms with Gasteiger partial charge in [0.2, 0.25) is 0 Å². The van der Waals surface area contributed by atoms with Gasteiger partial charge in [-0.25, -0.2) is 0 Å². The molecule has 1 heterocycles. The number of hydrogen-bond acceptors (Lipinski definition) is 3. The predicted octanol–water partition coefficient (Wildman–Crippen LogP) is 2.99. The van der Waals surface area contributed by atoms with Gasteiger partial charge in [-0.05, 0) is 26.3 Å². The van der Waals surface area contributed by atoms with E-state index in [1.807, 2.05) is 30.3 Å². The SMILES string of the molecule is CCC(=O)C(C)(C)N1COC(C)=C(c2ccccc2)C1=O. The smallest absolute Gasteiger partial charge is 0.261 e. The number of hydrogen-bond donors (Lipinski definition) is 0. The van der Waals surface area contributed by atoms with Crippen molar-refractivity contribution in [1.29, 1.82) is 0 Å². The molecule has 0 aliphatic carbocycles. The number of rotatable bonds is 4. The van der Waals surface area contributed by atoms with Crippen LogP contribution < -0.4 is 0 Å². The van der Waals surface area contributed by atoms with Crippen molar-refractivity contribution in [1.82, 2.24) is 4.90 Å². The molecule has 0 saturated heterocycles. The predicted molar refractivity (Wildman–Crippen MR) is 81.2 cm³/mol. The van der Waals surface area contributed by atoms with Crippen LogP contribution in [-0.4, -0.2) is 28.9 Å². The zero-order valence-electron chi connectivity index (χ0n) is 13.0. The molecule has 0 bridgehead atoms. The largest absolute Gasteiger partial charge is 0.477 e. The molecular formula is C17H21NO3. The number of nitrogens with zero attached hydrogens (tertiary/aromatic N) is 1. The van der Waals surface area contributed by atoms with E-state index in [1.54, 1.807) is 27.7 Å². The zero-order chi connectivity index (χ0) is 15.6. The molecule has 1 aromatic carbocycles. The van der Waals surface area contributed by atoms with E-state index < -0.39 is 5.54 Å². The van der Waals surface area contributed by atoms with Crippen LogP contribution in [-0.2, 0) is 14.3 Å². The van der Waals surface area contributed by atoms with Gasteiger partial charge < -0.3 is 4.74 Å². The summed E-state index contributed by atoms with van der Waals surface area (Å²) in [5.74, 6) is 0.463. The molecule has 4 nitrogen and oxygen atoms in total. The van der Waals surface area contributed by atoms with E-state index in [1.165, 1.54) is 4.90 Å². The Balaban J connectivity index is 2.41. The van der Waals surface area contributed by atoms with Gasteiger partial charge >= 0.3 is 0 Å². The second kappa shape index (κ2) is 5.72. The first-order valence-electron chi connectivity index (χ1n) is 7.14. The van der Waals surface area contributed by atoms with Gasteiger partial charge in [0.25, 0.3) is 5.91 Å². The minimum Gasteiger partial charge on any atom is -0.477 e. The molecule has 21 heavy (non-hydrogen) atoms. The van der Waals surface area contributed by atoms with Crippen molar-refractivity contribution in [3.63, 3.8) is 0 Å². The minimum absolute atomic E-state index is 0.0198. The van der Waals surface area contributed by atoms with Crippen molar-refractivity contribution in [3.05, 3.63) is 41.7 Å². The highest BCUT2D eigenvalue weighted by Gasteiger charge is 2.41. The van der Waals surface area contributed by atoms with E-state index in [0.717, 1.165) is 5.56 Å². The lowest BCUT2D eigenvalue weighted by atomic mass is 9.92. The maximum absolute atomic E-state index is 12.8. The van der Waals surface area contributed by atoms with Crippen molar-refractivity contribution in [2.75, 3.05) is 6.73 Å². The van der Waals surface area contributed by atoms with Crippen LogP contribution >= 0.6 is 0 Å². The number of carbonyl (C=O) groups excluding carboxylic acids is 2. The number of allylic oxidation sites excluding steroid dienone is 1. The number of Topliss-reactive ketones (excluding diaryl/α,β-unsaturated/α-hetero) is 1. The molecule has 1 aromatic rings. The maximum atomic E-state index is 12.8. The van der Waals surface area contributed by atoms with E-state index in [4.69, 9.17) is 4.74 Å². The lowest BCUT2D eigenvalue weighted by Crippen LogP contribution is -2.55. The third-order valence-electron chi connectivity index (χ3n) is 3.96. The average molecular weight is 287 g/mol. The van der Waals surface area contributed by atoms with Crippen LogP contribution in [0.25, 0.3) is 5.57 Å². The van der Waals surface area contributed by atoms with Gasteiger partial charge in [0, 0.05) is 6.42 Å². The van der Waals surface area contributed by atoms with Crippen LogP contribution in [0.1, 0.15) is 39.7 Å². The van der Waals surface area contributed by atoms with E-state index in [0.29, 0.717) is 17.8 Å². The van der Waals surface area contributed by atoms with Gasteiger partial charge in [-0.1, -0.05) is 37.3 Å². The topological polar surface area (TPSA) is 46.6 Å². The third-order valence-corrected chi connectivity index (χ3v) is 3.96. The molecule has 4 heteroatoms. The number of carbonyl (C=O) groups is 2. The summed E-state index contributed by atoms with van der Waals surface area (Å²) in [6, 6.07) is 9.40. The normalized spacial score (nSPS) is 16.0. The fraction of sp³-hybridized carbons (Fsp3) is 0.412. The highest BCUT2D eigenvalue weighted by Crippen LogP contribution is 2.30. The van der Waals surface area contributed by atoms with Gasteiger partial charge in [0.1, 0.15) is 5.76 Å². The summed E-state index contributed by atoms with van der Waals surface area (Å²) in [4.78, 5) is 26.5. The van der Waals surface area contributed by atoms with Gasteiger partial charge in [-0.2, -0.15) is 0 Å². The molecule has 0 aromatic heterocycles. The van der Waals surface area contributed by atoms with E-state index in [-0.39, 0.29) is 18.4 Å². The summed E-state index contributed by atoms with van der Waals surface area (Å²) < 4.78 is 5.64. The van der Waals surface area contributed by atoms with Crippen LogP contribution in [0.4, 0.5) is 0 Å². The summed E-state index contributed by atoms with van der Waals surface area (Å²) in [7, 11) is 0. The molecule has 0 fully saturated rings. The summed E-state index contributed by atoms with van der Waals surface area (Å²) in [5, 5.41) is 0. The van der Waals surface area contributed by atoms with Crippen LogP contribution in [0.2, 0.25) is 0 Å². The first-order valence-corrected chi connectivity index (χ1v) is 7.14. The highest BCUT2D eigenvalue weighted by molar-refractivity contribution is 6.21. The third kappa shape index (κ3) is 2.71. The Labute approximate surface area is 125 Å². The second-order valence-electron chi connectivity index (χ2n) is 5.64. The van der Waals surface area contributed by atoms with Crippen LogP contribution in [0, 0.1) is 0 Å². The summed E-state index contributed by atoms with van der Waals surface area (Å²) in [5.41, 5.74) is 0.468. The van der Waals surface area contributed by atoms with Gasteiger partial charge in [0.05, 0.1) is 11.1 Å². The van der Waals surface area contributed by atoms with E-state index >= 15 is 0 Å². The number of ketones is 1. The molecule has 0 radical (unpaired) electrons. The number of ether oxygens (including phenoxy) is 1. The molecule has 0 unspecified atom stereocenters. The van der Waals surface area contributed by atoms with Gasteiger partial charge in [-0.3, -0.25) is 14.5 Å². The van der Waals surface area contributed by atoms with Crippen molar-refractivity contribution in [2.24, 2.45) is 0 Å². The lowest BCUT2D eigenvalue weighted by Gasteiger charge is -2.40. The highest BCUT2D eigenvalue weighted by atomic mass is 16.5. The quantitative estimate of drug-likeness (QED) is 0.855. The Morgan fingerprint density at radius 3 is 2.48 bits per heavy atom. The second-order valence-corrected chi connectivity index (χ2v) is 5.64. The monoisotopic (exact) mass is 287 g/mol. The first-order chi connectivity index (χ1) is 9.89. The molecule has 0 atom stereocenters. The van der Waals surface area contributed by atoms with Crippen molar-refractivity contribution >= 4 is 17.3 Å².